The maximum absolute atomic E-state index is 11.6. The molecule has 0 aromatic heterocycles. The van der Waals surface area contributed by atoms with Crippen molar-refractivity contribution in [1.82, 2.24) is 4.90 Å². The lowest BCUT2D eigenvalue weighted by molar-refractivity contribution is -0.143. The van der Waals surface area contributed by atoms with E-state index in [-0.39, 0.29) is 12.0 Å². The van der Waals surface area contributed by atoms with Gasteiger partial charge in [0.1, 0.15) is 0 Å². The summed E-state index contributed by atoms with van der Waals surface area (Å²) in [6.07, 6.45) is 1.62. The van der Waals surface area contributed by atoms with E-state index in [2.05, 4.69) is 42.2 Å². The number of aliphatic carboxylic acids is 1. The van der Waals surface area contributed by atoms with Crippen LogP contribution in [0.4, 0.5) is 0 Å². The van der Waals surface area contributed by atoms with Gasteiger partial charge in [-0.25, -0.2) is 0 Å². The molecule has 2 atom stereocenters. The number of rotatable bonds is 7. The highest BCUT2D eigenvalue weighted by molar-refractivity contribution is 5.70. The molecule has 2 aromatic rings. The number of hydrogen-bond donors (Lipinski definition) is 1. The van der Waals surface area contributed by atoms with E-state index in [0.29, 0.717) is 24.7 Å². The van der Waals surface area contributed by atoms with Crippen LogP contribution in [0, 0.1) is 12.8 Å². The second kappa shape index (κ2) is 9.11. The molecule has 0 saturated carbocycles. The third kappa shape index (κ3) is 4.47. The summed E-state index contributed by atoms with van der Waals surface area (Å²) in [5.41, 5.74) is 3.44. The number of carbonyl (C=O) groups is 1. The molecule has 0 radical (unpaired) electrons. The van der Waals surface area contributed by atoms with Crippen molar-refractivity contribution in [3.05, 3.63) is 59.2 Å². The Morgan fingerprint density at radius 1 is 1.21 bits per heavy atom. The first-order valence-corrected chi connectivity index (χ1v) is 9.87. The summed E-state index contributed by atoms with van der Waals surface area (Å²) in [7, 11) is 1.64. The minimum absolute atomic E-state index is 0.0211. The normalized spacial score (nSPS) is 18.5. The van der Waals surface area contributed by atoms with E-state index in [9.17, 15) is 9.90 Å². The molecule has 150 valence electrons. The molecule has 1 aliphatic rings. The quantitative estimate of drug-likeness (QED) is 0.773. The molecule has 1 fully saturated rings. The lowest BCUT2D eigenvalue weighted by Crippen LogP contribution is -2.41. The van der Waals surface area contributed by atoms with Crippen molar-refractivity contribution in [3.63, 3.8) is 0 Å². The fourth-order valence-electron chi connectivity index (χ4n) is 4.03. The zero-order valence-corrected chi connectivity index (χ0v) is 16.9. The van der Waals surface area contributed by atoms with Crippen molar-refractivity contribution in [3.8, 4) is 11.5 Å². The number of carboxylic acid groups (broad SMARTS) is 1. The number of aryl methyl sites for hydroxylation is 1. The highest BCUT2D eigenvalue weighted by Crippen LogP contribution is 2.37. The Balaban J connectivity index is 2.04. The van der Waals surface area contributed by atoms with Crippen molar-refractivity contribution < 1.29 is 19.4 Å². The highest BCUT2D eigenvalue weighted by Gasteiger charge is 2.31. The van der Waals surface area contributed by atoms with Crippen molar-refractivity contribution in [1.29, 1.82) is 0 Å². The summed E-state index contributed by atoms with van der Waals surface area (Å²) in [4.78, 5) is 13.9. The van der Waals surface area contributed by atoms with Gasteiger partial charge < -0.3 is 14.6 Å². The van der Waals surface area contributed by atoms with Crippen LogP contribution in [0.5, 0.6) is 11.5 Å². The minimum Gasteiger partial charge on any atom is -0.493 e. The maximum atomic E-state index is 11.6. The van der Waals surface area contributed by atoms with Gasteiger partial charge in [0.15, 0.2) is 11.5 Å². The van der Waals surface area contributed by atoms with Gasteiger partial charge in [0.25, 0.3) is 0 Å². The van der Waals surface area contributed by atoms with Gasteiger partial charge in [-0.2, -0.15) is 0 Å². The van der Waals surface area contributed by atoms with Gasteiger partial charge >= 0.3 is 5.97 Å². The van der Waals surface area contributed by atoms with Gasteiger partial charge in [0.05, 0.1) is 25.7 Å². The smallest absolute Gasteiger partial charge is 0.307 e. The van der Waals surface area contributed by atoms with Crippen molar-refractivity contribution in [2.45, 2.75) is 32.7 Å². The minimum atomic E-state index is -0.711. The largest absolute Gasteiger partial charge is 0.493 e. The van der Waals surface area contributed by atoms with E-state index in [1.54, 1.807) is 7.11 Å². The average molecular weight is 383 g/mol. The summed E-state index contributed by atoms with van der Waals surface area (Å²) in [6, 6.07) is 14.4. The Morgan fingerprint density at radius 2 is 2.00 bits per heavy atom. The predicted molar refractivity (Wildman–Crippen MR) is 109 cm³/mol. The van der Waals surface area contributed by atoms with Crippen molar-refractivity contribution >= 4 is 5.97 Å². The Kier molecular flexibility index (Phi) is 6.57. The van der Waals surface area contributed by atoms with Gasteiger partial charge in [-0.05, 0) is 56.5 Å². The first-order chi connectivity index (χ1) is 13.5. The summed E-state index contributed by atoms with van der Waals surface area (Å²) in [6.45, 7) is 6.00. The molecule has 1 N–H and O–H groups in total. The van der Waals surface area contributed by atoms with Gasteiger partial charge in [0.2, 0.25) is 0 Å². The molecule has 2 unspecified atom stereocenters. The first kappa shape index (κ1) is 20.2. The Labute approximate surface area is 166 Å². The molecule has 0 bridgehead atoms. The van der Waals surface area contributed by atoms with Crippen LogP contribution < -0.4 is 9.47 Å². The standard InChI is InChI=1S/C23H29NO4/c1-4-28-21-14-18(10-11-20(21)27-3)22(17-8-5-7-16(2)13-17)24-12-6-9-19(15-24)23(25)26/h5,7-8,10-11,13-14,19,22H,4,6,9,12,15H2,1-3H3,(H,25,26). The maximum Gasteiger partial charge on any atom is 0.307 e. The number of carboxylic acids is 1. The Hall–Kier alpha value is -2.53. The summed E-state index contributed by atoms with van der Waals surface area (Å²) in [5, 5.41) is 9.54. The van der Waals surface area contributed by atoms with Gasteiger partial charge in [-0.1, -0.05) is 35.9 Å². The van der Waals surface area contributed by atoms with Crippen LogP contribution in [0.2, 0.25) is 0 Å². The topological polar surface area (TPSA) is 59.0 Å². The monoisotopic (exact) mass is 383 g/mol. The summed E-state index contributed by atoms with van der Waals surface area (Å²) in [5.74, 6) is 0.380. The van der Waals surface area contributed by atoms with Gasteiger partial charge in [-0.3, -0.25) is 9.69 Å². The highest BCUT2D eigenvalue weighted by atomic mass is 16.5. The number of nitrogens with zero attached hydrogens (tertiary/aromatic N) is 1. The summed E-state index contributed by atoms with van der Waals surface area (Å²) < 4.78 is 11.2. The number of hydrogen-bond acceptors (Lipinski definition) is 4. The molecular weight excluding hydrogens is 354 g/mol. The molecule has 28 heavy (non-hydrogen) atoms. The number of piperidine rings is 1. The van der Waals surface area contributed by atoms with Gasteiger partial charge in [-0.15, -0.1) is 0 Å². The molecule has 5 heteroatoms. The van der Waals surface area contributed by atoms with Crippen LogP contribution in [0.3, 0.4) is 0 Å². The van der Waals surface area contributed by atoms with Crippen LogP contribution in [-0.2, 0) is 4.79 Å². The van der Waals surface area contributed by atoms with Crippen LogP contribution in [0.25, 0.3) is 0 Å². The molecule has 0 amide bonds. The third-order valence-electron chi connectivity index (χ3n) is 5.33. The Bertz CT molecular complexity index is 820. The molecule has 1 heterocycles. The fourth-order valence-corrected chi connectivity index (χ4v) is 4.03. The number of benzene rings is 2. The number of methoxy groups -OCH3 is 1. The molecular formula is C23H29NO4. The Morgan fingerprint density at radius 3 is 2.68 bits per heavy atom. The predicted octanol–water partition coefficient (Wildman–Crippen LogP) is 4.29. The zero-order valence-electron chi connectivity index (χ0n) is 16.9. The SMILES string of the molecule is CCOc1cc(C(c2cccc(C)c2)N2CCCC(C(=O)O)C2)ccc1OC. The third-order valence-corrected chi connectivity index (χ3v) is 5.33. The van der Waals surface area contributed by atoms with Crippen molar-refractivity contribution in [2.75, 3.05) is 26.8 Å². The zero-order chi connectivity index (χ0) is 20.1. The lowest BCUT2D eigenvalue weighted by Gasteiger charge is -2.38. The van der Waals surface area contributed by atoms with Crippen molar-refractivity contribution in [2.24, 2.45) is 5.92 Å². The van der Waals surface area contributed by atoms with Crippen LogP contribution in [0.15, 0.2) is 42.5 Å². The number of ether oxygens (including phenoxy) is 2. The van der Waals surface area contributed by atoms with Crippen LogP contribution in [0.1, 0.15) is 42.5 Å². The van der Waals surface area contributed by atoms with Crippen LogP contribution in [-0.4, -0.2) is 42.8 Å². The molecule has 1 saturated heterocycles. The molecule has 0 spiro atoms. The molecule has 0 aliphatic carbocycles. The van der Waals surface area contributed by atoms with Crippen LogP contribution >= 0.6 is 0 Å². The van der Waals surface area contributed by atoms with E-state index in [1.807, 2.05) is 19.1 Å². The van der Waals surface area contributed by atoms with E-state index in [1.165, 1.54) is 11.1 Å². The summed E-state index contributed by atoms with van der Waals surface area (Å²) >= 11 is 0. The van der Waals surface area contributed by atoms with E-state index in [0.717, 1.165) is 24.9 Å². The average Bonchev–Trinajstić information content (AvgIpc) is 2.69. The van der Waals surface area contributed by atoms with E-state index < -0.39 is 5.97 Å². The van der Waals surface area contributed by atoms with E-state index in [4.69, 9.17) is 9.47 Å². The van der Waals surface area contributed by atoms with Gasteiger partial charge in [0, 0.05) is 6.54 Å². The first-order valence-electron chi connectivity index (χ1n) is 9.87. The fraction of sp³-hybridized carbons (Fsp3) is 0.435. The molecule has 1 aliphatic heterocycles. The lowest BCUT2D eigenvalue weighted by atomic mass is 9.90. The molecule has 3 rings (SSSR count). The second-order valence-corrected chi connectivity index (χ2v) is 7.33. The second-order valence-electron chi connectivity index (χ2n) is 7.33. The molecule has 2 aromatic carbocycles. The molecule has 5 nitrogen and oxygen atoms in total. The number of likely N-dealkylation sites (tertiary alicyclic amines) is 1. The van der Waals surface area contributed by atoms with E-state index >= 15 is 0 Å².